The lowest BCUT2D eigenvalue weighted by Crippen LogP contribution is -2.25. The lowest BCUT2D eigenvalue weighted by atomic mass is 10.0. The normalized spacial score (nSPS) is 12.9. The van der Waals surface area contributed by atoms with Gasteiger partial charge in [-0.1, -0.05) is 18.2 Å². The maximum atomic E-state index is 12.9. The predicted molar refractivity (Wildman–Crippen MR) is 104 cm³/mol. The Hall–Kier alpha value is -2.91. The summed E-state index contributed by atoms with van der Waals surface area (Å²) in [5.74, 6) is -1.11. The number of aromatic amines is 1. The zero-order valence-corrected chi connectivity index (χ0v) is 16.8. The van der Waals surface area contributed by atoms with Crippen LogP contribution in [0.15, 0.2) is 41.4 Å². The summed E-state index contributed by atoms with van der Waals surface area (Å²) in [5.41, 5.74) is 2.02. The SMILES string of the molecule is CNS(=O)(=O)c1cc(C(=O)O[C@H](C)C(=O)c2c(C)[nH]c3ccccc23)n(C)c1. The summed E-state index contributed by atoms with van der Waals surface area (Å²) in [7, 11) is -0.882. The Kier molecular flexibility index (Phi) is 5.14. The van der Waals surface area contributed by atoms with Crippen LogP contribution in [0.4, 0.5) is 0 Å². The van der Waals surface area contributed by atoms with Crippen molar-refractivity contribution in [1.29, 1.82) is 0 Å². The molecular formula is C19H21N3O5S. The average Bonchev–Trinajstić information content (AvgIpc) is 3.20. The largest absolute Gasteiger partial charge is 0.450 e. The maximum Gasteiger partial charge on any atom is 0.355 e. The summed E-state index contributed by atoms with van der Waals surface area (Å²) in [6.07, 6.45) is 0.267. The molecule has 1 atom stereocenters. The van der Waals surface area contributed by atoms with Gasteiger partial charge in [0.1, 0.15) is 10.6 Å². The summed E-state index contributed by atoms with van der Waals surface area (Å²) >= 11 is 0. The van der Waals surface area contributed by atoms with E-state index in [1.54, 1.807) is 6.92 Å². The van der Waals surface area contributed by atoms with E-state index in [0.29, 0.717) is 11.3 Å². The van der Waals surface area contributed by atoms with Gasteiger partial charge in [0.25, 0.3) is 0 Å². The van der Waals surface area contributed by atoms with Gasteiger partial charge in [-0.25, -0.2) is 17.9 Å². The summed E-state index contributed by atoms with van der Waals surface area (Å²) in [6, 6.07) is 8.59. The van der Waals surface area contributed by atoms with Crippen molar-refractivity contribution in [3.8, 4) is 0 Å². The lowest BCUT2D eigenvalue weighted by molar-refractivity contribution is 0.0310. The van der Waals surface area contributed by atoms with Crippen molar-refractivity contribution in [3.05, 3.63) is 53.5 Å². The van der Waals surface area contributed by atoms with Crippen molar-refractivity contribution >= 4 is 32.7 Å². The van der Waals surface area contributed by atoms with Gasteiger partial charge in [0, 0.05) is 35.4 Å². The van der Waals surface area contributed by atoms with E-state index in [1.807, 2.05) is 24.3 Å². The summed E-state index contributed by atoms with van der Waals surface area (Å²) in [4.78, 5) is 28.5. The Bertz CT molecular complexity index is 1170. The van der Waals surface area contributed by atoms with Gasteiger partial charge in [-0.3, -0.25) is 4.79 Å². The number of aromatic nitrogens is 2. The van der Waals surface area contributed by atoms with Crippen LogP contribution in [-0.4, -0.2) is 42.9 Å². The monoisotopic (exact) mass is 403 g/mol. The number of nitrogens with zero attached hydrogens (tertiary/aromatic N) is 1. The van der Waals surface area contributed by atoms with Crippen LogP contribution in [0.1, 0.15) is 33.5 Å². The van der Waals surface area contributed by atoms with E-state index >= 15 is 0 Å². The lowest BCUT2D eigenvalue weighted by Gasteiger charge is -2.13. The minimum Gasteiger partial charge on any atom is -0.450 e. The first kappa shape index (κ1) is 19.8. The number of hydrogen-bond acceptors (Lipinski definition) is 5. The van der Waals surface area contributed by atoms with Crippen molar-refractivity contribution in [3.63, 3.8) is 0 Å². The van der Waals surface area contributed by atoms with Crippen LogP contribution in [-0.2, 0) is 21.8 Å². The first-order valence-electron chi connectivity index (χ1n) is 8.58. The second-order valence-corrected chi connectivity index (χ2v) is 8.35. The fourth-order valence-corrected chi connectivity index (χ4v) is 3.87. The molecule has 0 aliphatic rings. The number of carbonyl (C=O) groups is 2. The van der Waals surface area contributed by atoms with Gasteiger partial charge in [0.2, 0.25) is 15.8 Å². The summed E-state index contributed by atoms with van der Waals surface area (Å²) in [5, 5.41) is 0.758. The van der Waals surface area contributed by atoms with Gasteiger partial charge in [-0.05, 0) is 33.0 Å². The van der Waals surface area contributed by atoms with Crippen LogP contribution in [0, 0.1) is 6.92 Å². The van der Waals surface area contributed by atoms with E-state index < -0.39 is 22.1 Å². The third-order valence-electron chi connectivity index (χ3n) is 4.56. The maximum absolute atomic E-state index is 12.9. The molecule has 3 rings (SSSR count). The van der Waals surface area contributed by atoms with Crippen molar-refractivity contribution in [2.75, 3.05) is 7.05 Å². The zero-order valence-electron chi connectivity index (χ0n) is 15.9. The molecule has 148 valence electrons. The minimum absolute atomic E-state index is 0.0316. The Morgan fingerprint density at radius 1 is 1.25 bits per heavy atom. The van der Waals surface area contributed by atoms with Gasteiger partial charge in [0.15, 0.2) is 6.10 Å². The Balaban J connectivity index is 1.85. The molecule has 0 spiro atoms. The number of para-hydroxylation sites is 1. The number of benzene rings is 1. The Labute approximate surface area is 162 Å². The van der Waals surface area contributed by atoms with E-state index in [1.165, 1.54) is 37.8 Å². The third kappa shape index (κ3) is 3.46. The van der Waals surface area contributed by atoms with E-state index in [-0.39, 0.29) is 16.4 Å². The number of aryl methyl sites for hydroxylation is 2. The third-order valence-corrected chi connectivity index (χ3v) is 5.94. The number of sulfonamides is 1. The van der Waals surface area contributed by atoms with E-state index in [9.17, 15) is 18.0 Å². The minimum atomic E-state index is -3.69. The molecule has 2 aromatic heterocycles. The molecule has 3 aromatic rings. The molecular weight excluding hydrogens is 382 g/mol. The molecule has 0 saturated heterocycles. The second-order valence-electron chi connectivity index (χ2n) is 6.46. The highest BCUT2D eigenvalue weighted by atomic mass is 32.2. The smallest absolute Gasteiger partial charge is 0.355 e. The quantitative estimate of drug-likeness (QED) is 0.484. The van der Waals surface area contributed by atoms with Crippen LogP contribution in [0.5, 0.6) is 0 Å². The van der Waals surface area contributed by atoms with Gasteiger partial charge in [0.05, 0.1) is 0 Å². The van der Waals surface area contributed by atoms with Crippen LogP contribution >= 0.6 is 0 Å². The van der Waals surface area contributed by atoms with Crippen LogP contribution in [0.3, 0.4) is 0 Å². The number of rotatable bonds is 6. The number of esters is 1. The highest BCUT2D eigenvalue weighted by Gasteiger charge is 2.27. The predicted octanol–water partition coefficient (Wildman–Crippen LogP) is 2.15. The number of fused-ring (bicyclic) bond motifs is 1. The molecule has 0 fully saturated rings. The topological polar surface area (TPSA) is 110 Å². The number of Topliss-reactive ketones (excluding diaryl/α,β-unsaturated/α-hetero) is 1. The number of hydrogen-bond donors (Lipinski definition) is 2. The molecule has 0 unspecified atom stereocenters. The van der Waals surface area contributed by atoms with E-state index in [2.05, 4.69) is 9.71 Å². The Morgan fingerprint density at radius 3 is 2.61 bits per heavy atom. The molecule has 28 heavy (non-hydrogen) atoms. The molecule has 0 aliphatic heterocycles. The van der Waals surface area contributed by atoms with E-state index in [4.69, 9.17) is 4.74 Å². The molecule has 2 N–H and O–H groups in total. The molecule has 8 nitrogen and oxygen atoms in total. The molecule has 0 saturated carbocycles. The van der Waals surface area contributed by atoms with Gasteiger partial charge in [-0.15, -0.1) is 0 Å². The standard InChI is InChI=1S/C19H21N3O5S/c1-11-17(14-7-5-6-8-15(14)21-11)18(23)12(2)27-19(24)16-9-13(10-22(16)4)28(25,26)20-3/h5-10,12,20-21H,1-4H3/t12-/m1/s1. The van der Waals surface area contributed by atoms with Crippen molar-refractivity contribution < 1.29 is 22.7 Å². The Morgan fingerprint density at radius 2 is 1.93 bits per heavy atom. The van der Waals surface area contributed by atoms with Crippen molar-refractivity contribution in [2.45, 2.75) is 24.8 Å². The number of H-pyrrole nitrogens is 1. The van der Waals surface area contributed by atoms with Crippen LogP contribution < -0.4 is 4.72 Å². The molecule has 0 aliphatic carbocycles. The molecule has 1 aromatic carbocycles. The highest BCUT2D eigenvalue weighted by Crippen LogP contribution is 2.24. The summed E-state index contributed by atoms with van der Waals surface area (Å²) in [6.45, 7) is 3.28. The number of ether oxygens (including phenoxy) is 1. The summed E-state index contributed by atoms with van der Waals surface area (Å²) < 4.78 is 32.7. The number of ketones is 1. The van der Waals surface area contributed by atoms with Gasteiger partial charge >= 0.3 is 5.97 Å². The molecule has 0 bridgehead atoms. The second kappa shape index (κ2) is 7.25. The molecule has 9 heteroatoms. The van der Waals surface area contributed by atoms with Crippen molar-refractivity contribution in [2.24, 2.45) is 7.05 Å². The number of nitrogens with one attached hydrogen (secondary N) is 2. The first-order chi connectivity index (χ1) is 13.2. The van der Waals surface area contributed by atoms with Crippen LogP contribution in [0.2, 0.25) is 0 Å². The fraction of sp³-hybridized carbons (Fsp3) is 0.263. The van der Waals surface area contributed by atoms with Gasteiger partial charge < -0.3 is 14.3 Å². The average molecular weight is 403 g/mol. The van der Waals surface area contributed by atoms with E-state index in [0.717, 1.165) is 10.9 Å². The fourth-order valence-electron chi connectivity index (χ4n) is 3.07. The molecule has 0 amide bonds. The molecule has 0 radical (unpaired) electrons. The highest BCUT2D eigenvalue weighted by molar-refractivity contribution is 7.89. The van der Waals surface area contributed by atoms with Gasteiger partial charge in [-0.2, -0.15) is 0 Å². The number of carbonyl (C=O) groups excluding carboxylic acids is 2. The molecule has 2 heterocycles. The first-order valence-corrected chi connectivity index (χ1v) is 10.1. The zero-order chi connectivity index (χ0) is 20.6. The van der Waals surface area contributed by atoms with Crippen molar-refractivity contribution in [1.82, 2.24) is 14.3 Å². The van der Waals surface area contributed by atoms with Crippen LogP contribution in [0.25, 0.3) is 10.9 Å².